The Hall–Kier alpha value is -1.75. The van der Waals surface area contributed by atoms with E-state index in [0.29, 0.717) is 10.0 Å². The van der Waals surface area contributed by atoms with Crippen LogP contribution in [0.25, 0.3) is 11.0 Å². The fourth-order valence-electron chi connectivity index (χ4n) is 3.81. The predicted octanol–water partition coefficient (Wildman–Crippen LogP) is 5.98. The third kappa shape index (κ3) is 2.86. The first-order valence-electron chi connectivity index (χ1n) is 8.88. The molecule has 1 aliphatic heterocycles. The van der Waals surface area contributed by atoms with E-state index >= 15 is 0 Å². The van der Waals surface area contributed by atoms with Crippen LogP contribution in [0.2, 0.25) is 10.0 Å². The molecular formula is C20H21Cl2N3O. The standard InChI is InChI=1S/C20H21Cl2N3O/c1-3-18(26-2)14-6-4-7-16-19(14)25-11-5-10-24(20(25)23-16)17-9-8-13(21)12-15(17)22/h4,6-9,12,18H,3,5,10-11H2,1-2H3. The van der Waals surface area contributed by atoms with Crippen LogP contribution in [-0.4, -0.2) is 23.2 Å². The third-order valence-corrected chi connectivity index (χ3v) is 5.52. The molecule has 0 N–H and O–H groups in total. The lowest BCUT2D eigenvalue weighted by Crippen LogP contribution is -2.28. The summed E-state index contributed by atoms with van der Waals surface area (Å²) in [6.45, 7) is 3.95. The average Bonchev–Trinajstić information content (AvgIpc) is 3.02. The molecular weight excluding hydrogens is 369 g/mol. The van der Waals surface area contributed by atoms with Crippen molar-refractivity contribution in [3.63, 3.8) is 0 Å². The zero-order valence-electron chi connectivity index (χ0n) is 14.9. The van der Waals surface area contributed by atoms with E-state index in [9.17, 15) is 0 Å². The molecule has 1 aromatic heterocycles. The summed E-state index contributed by atoms with van der Waals surface area (Å²) < 4.78 is 8.00. The number of fused-ring (bicyclic) bond motifs is 3. The zero-order chi connectivity index (χ0) is 18.3. The first kappa shape index (κ1) is 17.7. The van der Waals surface area contributed by atoms with Crippen molar-refractivity contribution in [1.29, 1.82) is 0 Å². The van der Waals surface area contributed by atoms with Gasteiger partial charge in [-0.25, -0.2) is 4.98 Å². The van der Waals surface area contributed by atoms with Crippen LogP contribution in [0.3, 0.4) is 0 Å². The van der Waals surface area contributed by atoms with Gasteiger partial charge in [0, 0.05) is 30.8 Å². The van der Waals surface area contributed by atoms with E-state index in [-0.39, 0.29) is 6.10 Å². The number of halogens is 2. The molecule has 26 heavy (non-hydrogen) atoms. The van der Waals surface area contributed by atoms with Gasteiger partial charge in [-0.2, -0.15) is 0 Å². The van der Waals surface area contributed by atoms with Crippen molar-refractivity contribution in [1.82, 2.24) is 9.55 Å². The van der Waals surface area contributed by atoms with Crippen molar-refractivity contribution < 1.29 is 4.74 Å². The van der Waals surface area contributed by atoms with Crippen LogP contribution >= 0.6 is 23.2 Å². The molecule has 0 saturated carbocycles. The summed E-state index contributed by atoms with van der Waals surface area (Å²) in [6, 6.07) is 11.9. The van der Waals surface area contributed by atoms with E-state index in [4.69, 9.17) is 32.9 Å². The normalized spacial score (nSPS) is 15.3. The summed E-state index contributed by atoms with van der Waals surface area (Å²) in [4.78, 5) is 7.11. The van der Waals surface area contributed by atoms with Gasteiger partial charge in [0.1, 0.15) is 0 Å². The number of benzene rings is 2. The highest BCUT2D eigenvalue weighted by atomic mass is 35.5. The molecule has 0 amide bonds. The van der Waals surface area contributed by atoms with E-state index < -0.39 is 0 Å². The maximum absolute atomic E-state index is 6.47. The minimum atomic E-state index is 0.0639. The van der Waals surface area contributed by atoms with Crippen LogP contribution in [0.4, 0.5) is 11.6 Å². The minimum absolute atomic E-state index is 0.0639. The van der Waals surface area contributed by atoms with Gasteiger partial charge < -0.3 is 14.2 Å². The van der Waals surface area contributed by atoms with Crippen molar-refractivity contribution in [2.45, 2.75) is 32.4 Å². The van der Waals surface area contributed by atoms with Crippen LogP contribution in [0.1, 0.15) is 31.4 Å². The molecule has 1 unspecified atom stereocenters. The number of nitrogens with zero attached hydrogens (tertiary/aromatic N) is 3. The molecule has 0 aliphatic carbocycles. The fourth-order valence-corrected chi connectivity index (χ4v) is 4.32. The zero-order valence-corrected chi connectivity index (χ0v) is 16.4. The van der Waals surface area contributed by atoms with Gasteiger partial charge in [-0.05, 0) is 37.1 Å². The summed E-state index contributed by atoms with van der Waals surface area (Å²) in [6.07, 6.45) is 2.01. The summed E-state index contributed by atoms with van der Waals surface area (Å²) in [5.74, 6) is 0.925. The first-order chi connectivity index (χ1) is 12.6. The average molecular weight is 390 g/mol. The molecule has 0 saturated heterocycles. The van der Waals surface area contributed by atoms with Gasteiger partial charge in [0.05, 0.1) is 27.8 Å². The lowest BCUT2D eigenvalue weighted by molar-refractivity contribution is 0.101. The maximum atomic E-state index is 6.47. The molecule has 2 aromatic carbocycles. The number of ether oxygens (including phenoxy) is 1. The van der Waals surface area contributed by atoms with Gasteiger partial charge >= 0.3 is 0 Å². The van der Waals surface area contributed by atoms with E-state index in [1.54, 1.807) is 13.2 Å². The number of methoxy groups -OCH3 is 1. The van der Waals surface area contributed by atoms with Crippen LogP contribution in [-0.2, 0) is 11.3 Å². The van der Waals surface area contributed by atoms with Gasteiger partial charge in [-0.15, -0.1) is 0 Å². The number of imidazole rings is 1. The quantitative estimate of drug-likeness (QED) is 0.549. The van der Waals surface area contributed by atoms with E-state index in [0.717, 1.165) is 48.6 Å². The van der Waals surface area contributed by atoms with Gasteiger partial charge in [0.2, 0.25) is 5.95 Å². The summed E-state index contributed by atoms with van der Waals surface area (Å²) in [5.41, 5.74) is 4.28. The number of anilines is 2. The van der Waals surface area contributed by atoms with Crippen molar-refractivity contribution in [3.05, 3.63) is 52.0 Å². The summed E-state index contributed by atoms with van der Waals surface area (Å²) in [5, 5.41) is 1.28. The molecule has 136 valence electrons. The molecule has 2 heterocycles. The predicted molar refractivity (Wildman–Crippen MR) is 108 cm³/mol. The Balaban J connectivity index is 1.90. The fraction of sp³-hybridized carbons (Fsp3) is 0.350. The molecule has 0 fully saturated rings. The Morgan fingerprint density at radius 3 is 2.77 bits per heavy atom. The SMILES string of the molecule is CCC(OC)c1cccc2nc3n(c12)CCCN3c1ccc(Cl)cc1Cl. The van der Waals surface area contributed by atoms with Gasteiger partial charge in [0.25, 0.3) is 0 Å². The smallest absolute Gasteiger partial charge is 0.211 e. The highest BCUT2D eigenvalue weighted by molar-refractivity contribution is 6.36. The van der Waals surface area contributed by atoms with Crippen LogP contribution in [0, 0.1) is 0 Å². The second-order valence-corrected chi connectivity index (χ2v) is 7.36. The molecule has 4 rings (SSSR count). The van der Waals surface area contributed by atoms with Gasteiger partial charge in [0.15, 0.2) is 0 Å². The molecule has 1 atom stereocenters. The second kappa shape index (κ2) is 7.10. The molecule has 0 bridgehead atoms. The Kier molecular flexibility index (Phi) is 4.82. The number of para-hydroxylation sites is 1. The summed E-state index contributed by atoms with van der Waals surface area (Å²) in [7, 11) is 1.76. The van der Waals surface area contributed by atoms with Crippen molar-refractivity contribution >= 4 is 45.9 Å². The highest BCUT2D eigenvalue weighted by Gasteiger charge is 2.26. The maximum Gasteiger partial charge on any atom is 0.211 e. The van der Waals surface area contributed by atoms with Crippen LogP contribution in [0.15, 0.2) is 36.4 Å². The highest BCUT2D eigenvalue weighted by Crippen LogP contribution is 2.39. The van der Waals surface area contributed by atoms with Crippen molar-refractivity contribution in [3.8, 4) is 0 Å². The molecule has 0 spiro atoms. The van der Waals surface area contributed by atoms with Gasteiger partial charge in [-0.3, -0.25) is 0 Å². The molecule has 6 heteroatoms. The topological polar surface area (TPSA) is 30.3 Å². The number of hydrogen-bond acceptors (Lipinski definition) is 3. The largest absolute Gasteiger partial charge is 0.377 e. The molecule has 0 radical (unpaired) electrons. The monoisotopic (exact) mass is 389 g/mol. The Bertz CT molecular complexity index is 950. The number of aromatic nitrogens is 2. The number of rotatable bonds is 4. The van der Waals surface area contributed by atoms with Gasteiger partial charge in [-0.1, -0.05) is 42.3 Å². The van der Waals surface area contributed by atoms with Crippen molar-refractivity contribution in [2.24, 2.45) is 0 Å². The number of hydrogen-bond donors (Lipinski definition) is 0. The third-order valence-electron chi connectivity index (χ3n) is 4.99. The minimum Gasteiger partial charge on any atom is -0.377 e. The second-order valence-electron chi connectivity index (χ2n) is 6.51. The van der Waals surface area contributed by atoms with E-state index in [1.807, 2.05) is 12.1 Å². The molecule has 1 aliphatic rings. The summed E-state index contributed by atoms with van der Waals surface area (Å²) >= 11 is 12.5. The van der Waals surface area contributed by atoms with E-state index in [1.165, 1.54) is 5.56 Å². The lowest BCUT2D eigenvalue weighted by atomic mass is 10.1. The number of aryl methyl sites for hydroxylation is 1. The molecule has 4 nitrogen and oxygen atoms in total. The first-order valence-corrected chi connectivity index (χ1v) is 9.64. The Labute approximate surface area is 163 Å². The van der Waals surface area contributed by atoms with E-state index in [2.05, 4.69) is 34.6 Å². The van der Waals surface area contributed by atoms with Crippen LogP contribution in [0.5, 0.6) is 0 Å². The molecule has 3 aromatic rings. The Morgan fingerprint density at radius 2 is 2.04 bits per heavy atom. The Morgan fingerprint density at radius 1 is 1.19 bits per heavy atom. The van der Waals surface area contributed by atoms with Crippen LogP contribution < -0.4 is 4.90 Å². The lowest BCUT2D eigenvalue weighted by Gasteiger charge is -2.30. The van der Waals surface area contributed by atoms with Crippen molar-refractivity contribution in [2.75, 3.05) is 18.6 Å².